The number of aromatic hydroxyl groups is 1. The van der Waals surface area contributed by atoms with E-state index >= 15 is 0 Å². The van der Waals surface area contributed by atoms with Gasteiger partial charge in [-0.25, -0.2) is 5.43 Å². The number of hydrogen-bond donors (Lipinski definition) is 2. The van der Waals surface area contributed by atoms with Crippen LogP contribution in [-0.4, -0.2) is 17.2 Å². The maximum Gasteiger partial charge on any atom is 0.283 e. The molecule has 0 aliphatic heterocycles. The van der Waals surface area contributed by atoms with Gasteiger partial charge in [0.25, 0.3) is 5.91 Å². The number of carbonyl (C=O) groups is 1. The van der Waals surface area contributed by atoms with Crippen LogP contribution >= 0.6 is 22.9 Å². The minimum absolute atomic E-state index is 0.0995. The van der Waals surface area contributed by atoms with Crippen LogP contribution in [0.1, 0.15) is 27.7 Å². The molecule has 0 saturated heterocycles. The minimum Gasteiger partial charge on any atom is -0.507 e. The van der Waals surface area contributed by atoms with Crippen molar-refractivity contribution in [3.05, 3.63) is 63.5 Å². The van der Waals surface area contributed by atoms with Gasteiger partial charge in [-0.2, -0.15) is 5.10 Å². The first-order valence-corrected chi connectivity index (χ1v) is 8.62. The van der Waals surface area contributed by atoms with Crippen LogP contribution < -0.4 is 5.43 Å². The molecule has 4 nitrogen and oxygen atoms in total. The molecule has 1 amide bonds. The molecule has 0 aliphatic carbocycles. The fraction of sp³-hybridized carbons (Fsp3) is 0.111. The van der Waals surface area contributed by atoms with Crippen molar-refractivity contribution in [2.75, 3.05) is 0 Å². The number of nitrogens with zero attached hydrogens (tertiary/aromatic N) is 1. The molecule has 0 radical (unpaired) electrons. The number of rotatable bonds is 4. The summed E-state index contributed by atoms with van der Waals surface area (Å²) < 4.78 is 0.981. The molecule has 0 aliphatic rings. The summed E-state index contributed by atoms with van der Waals surface area (Å²) in [6, 6.07) is 12.7. The Kier molecular flexibility index (Phi) is 4.83. The lowest BCUT2D eigenvalue weighted by Crippen LogP contribution is -2.16. The van der Waals surface area contributed by atoms with Crippen LogP contribution in [0.4, 0.5) is 0 Å². The van der Waals surface area contributed by atoms with Gasteiger partial charge >= 0.3 is 0 Å². The number of para-hydroxylation sites is 1. The summed E-state index contributed by atoms with van der Waals surface area (Å²) in [6.45, 7) is 2.08. The van der Waals surface area contributed by atoms with E-state index in [1.165, 1.54) is 23.1 Å². The number of phenols is 1. The normalized spacial score (nSPS) is 11.2. The zero-order chi connectivity index (χ0) is 17.1. The Morgan fingerprint density at radius 1 is 1.33 bits per heavy atom. The Bertz CT molecular complexity index is 934. The summed E-state index contributed by atoms with van der Waals surface area (Å²) in [5, 5.41) is 14.9. The van der Waals surface area contributed by atoms with E-state index in [-0.39, 0.29) is 11.7 Å². The Labute approximate surface area is 148 Å². The molecule has 122 valence electrons. The highest BCUT2D eigenvalue weighted by atomic mass is 35.5. The molecule has 3 rings (SSSR count). The summed E-state index contributed by atoms with van der Waals surface area (Å²) in [7, 11) is 0. The van der Waals surface area contributed by atoms with E-state index in [1.807, 2.05) is 18.2 Å². The van der Waals surface area contributed by atoms with Crippen molar-refractivity contribution in [3.63, 3.8) is 0 Å². The number of amides is 1. The lowest BCUT2D eigenvalue weighted by molar-refractivity contribution is 0.0959. The maximum atomic E-state index is 12.3. The second-order valence-electron chi connectivity index (χ2n) is 5.19. The molecule has 0 saturated carbocycles. The van der Waals surface area contributed by atoms with E-state index in [4.69, 9.17) is 11.6 Å². The first-order chi connectivity index (χ1) is 11.6. The van der Waals surface area contributed by atoms with Gasteiger partial charge in [0.15, 0.2) is 0 Å². The Balaban J connectivity index is 1.81. The van der Waals surface area contributed by atoms with Gasteiger partial charge in [0.1, 0.15) is 10.6 Å². The van der Waals surface area contributed by atoms with E-state index < -0.39 is 0 Å². The van der Waals surface area contributed by atoms with E-state index in [9.17, 15) is 9.90 Å². The number of fused-ring (bicyclic) bond motifs is 1. The summed E-state index contributed by atoms with van der Waals surface area (Å²) in [5.41, 5.74) is 4.17. The van der Waals surface area contributed by atoms with E-state index in [2.05, 4.69) is 17.5 Å². The third-order valence-electron chi connectivity index (χ3n) is 3.61. The molecular weight excluding hydrogens is 344 g/mol. The lowest BCUT2D eigenvalue weighted by atomic mass is 10.1. The third-order valence-corrected chi connectivity index (χ3v) is 5.27. The van der Waals surface area contributed by atoms with Crippen molar-refractivity contribution < 1.29 is 9.90 Å². The fourth-order valence-electron chi connectivity index (χ4n) is 2.28. The predicted octanol–water partition coefficient (Wildman–Crippen LogP) is 4.59. The predicted molar refractivity (Wildman–Crippen MR) is 99.4 cm³/mol. The Morgan fingerprint density at radius 3 is 2.88 bits per heavy atom. The zero-order valence-electron chi connectivity index (χ0n) is 12.9. The molecule has 24 heavy (non-hydrogen) atoms. The van der Waals surface area contributed by atoms with Crippen molar-refractivity contribution in [2.24, 2.45) is 5.10 Å². The number of carbonyl (C=O) groups excluding carboxylic acids is 1. The summed E-state index contributed by atoms with van der Waals surface area (Å²) >= 11 is 7.67. The average molecular weight is 359 g/mol. The van der Waals surface area contributed by atoms with Crippen LogP contribution in [-0.2, 0) is 6.42 Å². The number of hydrogen-bond acceptors (Lipinski definition) is 4. The second kappa shape index (κ2) is 7.03. The smallest absolute Gasteiger partial charge is 0.283 e. The van der Waals surface area contributed by atoms with Crippen molar-refractivity contribution in [2.45, 2.75) is 13.3 Å². The standard InChI is InChI=1S/C18H15ClN2O2S/c1-2-11-7-8-13-15(9-11)24-17(16(13)19)18(23)21-20-10-12-5-3-4-6-14(12)22/h3-10,22H,2H2,1H3,(H,21,23)/b20-10-. The molecule has 6 heteroatoms. The molecule has 0 fully saturated rings. The third kappa shape index (κ3) is 3.27. The quantitative estimate of drug-likeness (QED) is 0.529. The Hall–Kier alpha value is -2.37. The van der Waals surface area contributed by atoms with Crippen molar-refractivity contribution in [3.8, 4) is 5.75 Å². The minimum atomic E-state index is -0.370. The maximum absolute atomic E-state index is 12.3. The van der Waals surface area contributed by atoms with Crippen molar-refractivity contribution >= 4 is 45.1 Å². The van der Waals surface area contributed by atoms with Crippen molar-refractivity contribution in [1.82, 2.24) is 5.43 Å². The number of benzene rings is 2. The van der Waals surface area contributed by atoms with Crippen LogP contribution in [0.2, 0.25) is 5.02 Å². The van der Waals surface area contributed by atoms with Crippen molar-refractivity contribution in [1.29, 1.82) is 0 Å². The number of phenolic OH excluding ortho intramolecular Hbond substituents is 1. The monoisotopic (exact) mass is 358 g/mol. The number of thiophene rings is 1. The largest absolute Gasteiger partial charge is 0.507 e. The fourth-order valence-corrected chi connectivity index (χ4v) is 3.75. The SMILES string of the molecule is CCc1ccc2c(Cl)c(C(=O)N/N=C\c3ccccc3O)sc2c1. The zero-order valence-corrected chi connectivity index (χ0v) is 14.5. The molecule has 3 aromatic rings. The first kappa shape index (κ1) is 16.5. The second-order valence-corrected chi connectivity index (χ2v) is 6.62. The summed E-state index contributed by atoms with van der Waals surface area (Å²) in [5.74, 6) is -0.270. The molecule has 0 unspecified atom stereocenters. The van der Waals surface area contributed by atoms with Gasteiger partial charge < -0.3 is 5.11 Å². The van der Waals surface area contributed by atoms with Crippen LogP contribution in [0.5, 0.6) is 5.75 Å². The first-order valence-electron chi connectivity index (χ1n) is 7.42. The van der Waals surface area contributed by atoms with Gasteiger partial charge in [0.2, 0.25) is 0 Å². The van der Waals surface area contributed by atoms with Gasteiger partial charge in [0, 0.05) is 15.6 Å². The van der Waals surface area contributed by atoms with Crippen LogP contribution in [0.25, 0.3) is 10.1 Å². The molecular formula is C18H15ClN2O2S. The van der Waals surface area contributed by atoms with Gasteiger partial charge in [-0.05, 0) is 30.2 Å². The van der Waals surface area contributed by atoms with Crippen LogP contribution in [0.15, 0.2) is 47.6 Å². The number of hydrazone groups is 1. The van der Waals surface area contributed by atoms with Crippen LogP contribution in [0.3, 0.4) is 0 Å². The van der Waals surface area contributed by atoms with Gasteiger partial charge in [0.05, 0.1) is 11.2 Å². The van der Waals surface area contributed by atoms with E-state index in [0.29, 0.717) is 15.5 Å². The number of aryl methyl sites for hydroxylation is 1. The highest BCUT2D eigenvalue weighted by molar-refractivity contribution is 7.21. The highest BCUT2D eigenvalue weighted by Crippen LogP contribution is 2.35. The highest BCUT2D eigenvalue weighted by Gasteiger charge is 2.16. The van der Waals surface area contributed by atoms with E-state index in [1.54, 1.807) is 24.3 Å². The van der Waals surface area contributed by atoms with E-state index in [0.717, 1.165) is 16.5 Å². The van der Waals surface area contributed by atoms with Crippen LogP contribution in [0, 0.1) is 0 Å². The molecule has 1 heterocycles. The Morgan fingerprint density at radius 2 is 2.12 bits per heavy atom. The number of nitrogens with one attached hydrogen (secondary N) is 1. The molecule has 2 aromatic carbocycles. The van der Waals surface area contributed by atoms with Gasteiger partial charge in [-0.15, -0.1) is 11.3 Å². The molecule has 0 spiro atoms. The lowest BCUT2D eigenvalue weighted by Gasteiger charge is -1.99. The summed E-state index contributed by atoms with van der Waals surface area (Å²) in [6.07, 6.45) is 2.32. The van der Waals surface area contributed by atoms with Gasteiger partial charge in [-0.1, -0.05) is 42.8 Å². The van der Waals surface area contributed by atoms with Gasteiger partial charge in [-0.3, -0.25) is 4.79 Å². The molecule has 2 N–H and O–H groups in total. The topological polar surface area (TPSA) is 61.7 Å². The summed E-state index contributed by atoms with van der Waals surface area (Å²) in [4.78, 5) is 12.7. The molecule has 1 aromatic heterocycles. The molecule has 0 bridgehead atoms. The molecule has 0 atom stereocenters. The number of halogens is 1. The average Bonchev–Trinajstić information content (AvgIpc) is 2.92.